The van der Waals surface area contributed by atoms with Crippen LogP contribution in [-0.2, 0) is 14.3 Å². The van der Waals surface area contributed by atoms with Crippen molar-refractivity contribution in [3.05, 3.63) is 30.1 Å². The molecule has 0 bridgehead atoms. The van der Waals surface area contributed by atoms with Gasteiger partial charge in [0.2, 0.25) is 11.8 Å². The maximum absolute atomic E-state index is 12.9. The molecule has 2 rings (SSSR count). The van der Waals surface area contributed by atoms with Crippen molar-refractivity contribution in [1.82, 2.24) is 4.90 Å². The molecule has 7 heteroatoms. The summed E-state index contributed by atoms with van der Waals surface area (Å²) >= 11 is 1.30. The van der Waals surface area contributed by atoms with Crippen LogP contribution in [0.15, 0.2) is 24.3 Å². The van der Waals surface area contributed by atoms with Crippen molar-refractivity contribution in [2.24, 2.45) is 0 Å². The normalized spacial score (nSPS) is 18.0. The van der Waals surface area contributed by atoms with Crippen LogP contribution in [0.5, 0.6) is 0 Å². The van der Waals surface area contributed by atoms with E-state index in [1.165, 1.54) is 36.0 Å². The molecule has 0 aliphatic carbocycles. The first-order valence-electron chi connectivity index (χ1n) is 8.57. The van der Waals surface area contributed by atoms with Gasteiger partial charge in [-0.05, 0) is 51.0 Å². The number of hydrogen-bond donors (Lipinski definition) is 1. The summed E-state index contributed by atoms with van der Waals surface area (Å²) in [6.07, 6.45) is 2.17. The molecule has 1 heterocycles. The fourth-order valence-electron chi connectivity index (χ4n) is 2.67. The third-order valence-electron chi connectivity index (χ3n) is 4.08. The third kappa shape index (κ3) is 6.32. The average molecular weight is 368 g/mol. The van der Waals surface area contributed by atoms with Crippen molar-refractivity contribution in [3.8, 4) is 0 Å². The number of amides is 2. The van der Waals surface area contributed by atoms with Crippen molar-refractivity contribution in [3.63, 3.8) is 0 Å². The zero-order valence-corrected chi connectivity index (χ0v) is 15.5. The van der Waals surface area contributed by atoms with E-state index in [0.29, 0.717) is 18.8 Å². The smallest absolute Gasteiger partial charge is 0.235 e. The monoisotopic (exact) mass is 368 g/mol. The maximum atomic E-state index is 12.9. The number of carbonyl (C=O) groups is 2. The van der Waals surface area contributed by atoms with Crippen LogP contribution in [-0.4, -0.2) is 53.5 Å². The number of hydrogen-bond acceptors (Lipinski definition) is 4. The Kier molecular flexibility index (Phi) is 7.71. The van der Waals surface area contributed by atoms with Gasteiger partial charge in [0, 0.05) is 25.4 Å². The standard InChI is InChI=1S/C18H25FN2O3S/c1-3-21(11-16-5-4-10-24-16)18(23)13(2)25-12-17(22)20-15-8-6-14(19)7-9-15/h6-9,13,16H,3-5,10-12H2,1-2H3,(H,20,22). The van der Waals surface area contributed by atoms with E-state index in [-0.39, 0.29) is 34.7 Å². The lowest BCUT2D eigenvalue weighted by Crippen LogP contribution is -2.41. The second-order valence-electron chi connectivity index (χ2n) is 6.02. The molecule has 1 aliphatic rings. The number of thioether (sulfide) groups is 1. The number of ether oxygens (including phenoxy) is 1. The highest BCUT2D eigenvalue weighted by molar-refractivity contribution is 8.01. The third-order valence-corrected chi connectivity index (χ3v) is 5.21. The summed E-state index contributed by atoms with van der Waals surface area (Å²) in [7, 11) is 0. The molecule has 25 heavy (non-hydrogen) atoms. The van der Waals surface area contributed by atoms with Gasteiger partial charge in [-0.25, -0.2) is 4.39 Å². The quantitative estimate of drug-likeness (QED) is 0.766. The van der Waals surface area contributed by atoms with E-state index < -0.39 is 0 Å². The van der Waals surface area contributed by atoms with E-state index in [4.69, 9.17) is 4.74 Å². The van der Waals surface area contributed by atoms with Gasteiger partial charge in [0.1, 0.15) is 5.82 Å². The number of benzene rings is 1. The molecule has 2 atom stereocenters. The van der Waals surface area contributed by atoms with Crippen LogP contribution in [0.25, 0.3) is 0 Å². The summed E-state index contributed by atoms with van der Waals surface area (Å²) in [6, 6.07) is 5.60. The predicted molar refractivity (Wildman–Crippen MR) is 98.2 cm³/mol. The minimum absolute atomic E-state index is 0.0255. The molecule has 2 amide bonds. The molecule has 0 saturated carbocycles. The van der Waals surface area contributed by atoms with Crippen LogP contribution in [0.1, 0.15) is 26.7 Å². The van der Waals surface area contributed by atoms with Crippen LogP contribution in [0.4, 0.5) is 10.1 Å². The van der Waals surface area contributed by atoms with Crippen LogP contribution in [0, 0.1) is 5.82 Å². The zero-order valence-electron chi connectivity index (χ0n) is 14.7. The Hall–Kier alpha value is -1.60. The van der Waals surface area contributed by atoms with E-state index in [1.807, 2.05) is 13.8 Å². The fraction of sp³-hybridized carbons (Fsp3) is 0.556. The molecule has 1 fully saturated rings. The lowest BCUT2D eigenvalue weighted by Gasteiger charge is -2.26. The van der Waals surface area contributed by atoms with Crippen LogP contribution < -0.4 is 5.32 Å². The molecule has 2 unspecified atom stereocenters. The highest BCUT2D eigenvalue weighted by Crippen LogP contribution is 2.18. The number of halogens is 1. The maximum Gasteiger partial charge on any atom is 0.235 e. The number of carbonyl (C=O) groups excluding carboxylic acids is 2. The summed E-state index contributed by atoms with van der Waals surface area (Å²) in [4.78, 5) is 26.3. The summed E-state index contributed by atoms with van der Waals surface area (Å²) in [5, 5.41) is 2.39. The molecule has 1 saturated heterocycles. The molecule has 1 aromatic carbocycles. The molecule has 5 nitrogen and oxygen atoms in total. The van der Waals surface area contributed by atoms with E-state index in [9.17, 15) is 14.0 Å². The Morgan fingerprint density at radius 3 is 2.72 bits per heavy atom. The number of nitrogens with zero attached hydrogens (tertiary/aromatic N) is 1. The number of rotatable bonds is 8. The summed E-state index contributed by atoms with van der Waals surface area (Å²) < 4.78 is 18.5. The lowest BCUT2D eigenvalue weighted by molar-refractivity contribution is -0.131. The molecule has 0 radical (unpaired) electrons. The largest absolute Gasteiger partial charge is 0.376 e. The van der Waals surface area contributed by atoms with Gasteiger partial charge in [0.25, 0.3) is 0 Å². The second kappa shape index (κ2) is 9.77. The van der Waals surface area contributed by atoms with E-state index in [0.717, 1.165) is 19.4 Å². The summed E-state index contributed by atoms with van der Waals surface area (Å²) in [5.41, 5.74) is 0.541. The topological polar surface area (TPSA) is 58.6 Å². The first-order valence-corrected chi connectivity index (χ1v) is 9.62. The predicted octanol–water partition coefficient (Wildman–Crippen LogP) is 2.91. The minimum Gasteiger partial charge on any atom is -0.376 e. The Labute approximate surface area is 152 Å². The molecular formula is C18H25FN2O3S. The van der Waals surface area contributed by atoms with E-state index in [2.05, 4.69) is 5.32 Å². The Morgan fingerprint density at radius 1 is 1.40 bits per heavy atom. The van der Waals surface area contributed by atoms with Gasteiger partial charge in [0.15, 0.2) is 0 Å². The summed E-state index contributed by atoms with van der Waals surface area (Å²) in [6.45, 7) is 5.78. The van der Waals surface area contributed by atoms with Gasteiger partial charge < -0.3 is 15.0 Å². The zero-order chi connectivity index (χ0) is 18.2. The summed E-state index contributed by atoms with van der Waals surface area (Å²) in [5.74, 6) is -0.365. The van der Waals surface area contributed by atoms with Crippen molar-refractivity contribution < 1.29 is 18.7 Å². The van der Waals surface area contributed by atoms with E-state index >= 15 is 0 Å². The Morgan fingerprint density at radius 2 is 2.12 bits per heavy atom. The van der Waals surface area contributed by atoms with Gasteiger partial charge in [0.05, 0.1) is 17.1 Å². The second-order valence-corrected chi connectivity index (χ2v) is 7.35. The lowest BCUT2D eigenvalue weighted by atomic mass is 10.2. The Balaban J connectivity index is 1.76. The molecule has 138 valence electrons. The van der Waals surface area contributed by atoms with E-state index in [1.54, 1.807) is 4.90 Å². The highest BCUT2D eigenvalue weighted by Gasteiger charge is 2.25. The molecule has 0 aromatic heterocycles. The number of nitrogens with one attached hydrogen (secondary N) is 1. The first kappa shape index (κ1) is 19.7. The fourth-order valence-corrected chi connectivity index (χ4v) is 3.43. The molecule has 0 spiro atoms. The first-order chi connectivity index (χ1) is 12.0. The van der Waals surface area contributed by atoms with Crippen molar-refractivity contribution >= 4 is 29.3 Å². The van der Waals surface area contributed by atoms with Crippen molar-refractivity contribution in [2.75, 3.05) is 30.8 Å². The highest BCUT2D eigenvalue weighted by atomic mass is 32.2. The van der Waals surface area contributed by atoms with Gasteiger partial charge in [-0.1, -0.05) is 0 Å². The van der Waals surface area contributed by atoms with Gasteiger partial charge >= 0.3 is 0 Å². The Bertz CT molecular complexity index is 576. The van der Waals surface area contributed by atoms with Gasteiger partial charge in [-0.3, -0.25) is 9.59 Å². The van der Waals surface area contributed by atoms with Crippen LogP contribution in [0.3, 0.4) is 0 Å². The van der Waals surface area contributed by atoms with Crippen molar-refractivity contribution in [1.29, 1.82) is 0 Å². The van der Waals surface area contributed by atoms with Crippen molar-refractivity contribution in [2.45, 2.75) is 38.0 Å². The molecule has 1 N–H and O–H groups in total. The molecule has 1 aliphatic heterocycles. The number of anilines is 1. The molecule has 1 aromatic rings. The average Bonchev–Trinajstić information content (AvgIpc) is 3.12. The van der Waals surface area contributed by atoms with Crippen LogP contribution in [0.2, 0.25) is 0 Å². The molecular weight excluding hydrogens is 343 g/mol. The van der Waals surface area contributed by atoms with Crippen LogP contribution >= 0.6 is 11.8 Å². The SMILES string of the molecule is CCN(CC1CCCO1)C(=O)C(C)SCC(=O)Nc1ccc(F)cc1. The minimum atomic E-state index is -0.350. The van der Waals surface area contributed by atoms with Gasteiger partial charge in [-0.2, -0.15) is 0 Å². The number of likely N-dealkylation sites (N-methyl/N-ethyl adjacent to an activating group) is 1. The van der Waals surface area contributed by atoms with Gasteiger partial charge in [-0.15, -0.1) is 11.8 Å².